The molecule has 5 heteroatoms. The molecule has 1 aromatic carbocycles. The number of anilines is 1. The zero-order chi connectivity index (χ0) is 13.5. The van der Waals surface area contributed by atoms with Gasteiger partial charge in [-0.25, -0.2) is 9.59 Å². The fraction of sp³-hybridized carbons (Fsp3) is 0.385. The number of benzene rings is 1. The van der Waals surface area contributed by atoms with Gasteiger partial charge in [0.15, 0.2) is 0 Å². The summed E-state index contributed by atoms with van der Waals surface area (Å²) < 4.78 is 4.59. The Balaban J connectivity index is 2.58. The monoisotopic (exact) mass is 250 g/mol. The van der Waals surface area contributed by atoms with Crippen LogP contribution in [0.4, 0.5) is 10.5 Å². The molecule has 0 saturated heterocycles. The number of urea groups is 1. The zero-order valence-corrected chi connectivity index (χ0v) is 10.8. The van der Waals surface area contributed by atoms with Crippen molar-refractivity contribution >= 4 is 17.7 Å². The van der Waals surface area contributed by atoms with Gasteiger partial charge >= 0.3 is 12.0 Å². The van der Waals surface area contributed by atoms with Crippen molar-refractivity contribution in [3.8, 4) is 0 Å². The molecule has 18 heavy (non-hydrogen) atoms. The predicted molar refractivity (Wildman–Crippen MR) is 69.7 cm³/mol. The third-order valence-electron chi connectivity index (χ3n) is 2.55. The highest BCUT2D eigenvalue weighted by atomic mass is 16.5. The van der Waals surface area contributed by atoms with Crippen LogP contribution in [0.3, 0.4) is 0 Å². The van der Waals surface area contributed by atoms with E-state index in [-0.39, 0.29) is 12.1 Å². The first kappa shape index (κ1) is 14.0. The predicted octanol–water partition coefficient (Wildman–Crippen LogP) is 2.39. The molecule has 0 fully saturated rings. The lowest BCUT2D eigenvalue weighted by atomic mass is 10.2. The van der Waals surface area contributed by atoms with Crippen LogP contribution in [0.2, 0.25) is 0 Å². The molecule has 0 aromatic heterocycles. The number of esters is 1. The Kier molecular flexibility index (Phi) is 5.17. The number of hydrogen-bond donors (Lipinski definition) is 2. The Hall–Kier alpha value is -2.04. The van der Waals surface area contributed by atoms with Gasteiger partial charge in [-0.3, -0.25) is 0 Å². The van der Waals surface area contributed by atoms with Crippen molar-refractivity contribution in [3.63, 3.8) is 0 Å². The van der Waals surface area contributed by atoms with Gasteiger partial charge in [-0.1, -0.05) is 6.92 Å². The lowest BCUT2D eigenvalue weighted by Crippen LogP contribution is -2.35. The molecule has 98 valence electrons. The summed E-state index contributed by atoms with van der Waals surface area (Å²) in [6.07, 6.45) is 0.870. The van der Waals surface area contributed by atoms with E-state index in [0.29, 0.717) is 11.3 Å². The minimum absolute atomic E-state index is 0.124. The van der Waals surface area contributed by atoms with Gasteiger partial charge in [-0.05, 0) is 37.6 Å². The van der Waals surface area contributed by atoms with E-state index < -0.39 is 5.97 Å². The minimum atomic E-state index is -0.398. The largest absolute Gasteiger partial charge is 0.465 e. The van der Waals surface area contributed by atoms with Gasteiger partial charge in [0, 0.05) is 11.7 Å². The van der Waals surface area contributed by atoms with Crippen LogP contribution in [0.5, 0.6) is 0 Å². The highest BCUT2D eigenvalue weighted by molar-refractivity contribution is 5.92. The number of carbonyl (C=O) groups excluding carboxylic acids is 2. The van der Waals surface area contributed by atoms with Gasteiger partial charge in [0.25, 0.3) is 0 Å². The van der Waals surface area contributed by atoms with Crippen molar-refractivity contribution in [2.75, 3.05) is 12.4 Å². The van der Waals surface area contributed by atoms with Gasteiger partial charge in [0.2, 0.25) is 0 Å². The third kappa shape index (κ3) is 4.08. The number of amides is 2. The smallest absolute Gasteiger partial charge is 0.337 e. The molecule has 5 nitrogen and oxygen atoms in total. The molecule has 0 spiro atoms. The molecule has 0 aliphatic heterocycles. The second-order valence-corrected chi connectivity index (χ2v) is 3.98. The van der Waals surface area contributed by atoms with E-state index in [0.717, 1.165) is 6.42 Å². The molecule has 0 heterocycles. The van der Waals surface area contributed by atoms with Crippen LogP contribution in [0.1, 0.15) is 30.6 Å². The van der Waals surface area contributed by atoms with Gasteiger partial charge in [-0.15, -0.1) is 0 Å². The summed E-state index contributed by atoms with van der Waals surface area (Å²) in [5, 5.41) is 5.47. The lowest BCUT2D eigenvalue weighted by Gasteiger charge is -2.12. The molecule has 2 N–H and O–H groups in total. The van der Waals surface area contributed by atoms with Crippen molar-refractivity contribution in [3.05, 3.63) is 29.8 Å². The summed E-state index contributed by atoms with van der Waals surface area (Å²) >= 11 is 0. The number of methoxy groups -OCH3 is 1. The zero-order valence-electron chi connectivity index (χ0n) is 10.8. The van der Waals surface area contributed by atoms with E-state index in [1.165, 1.54) is 7.11 Å². The van der Waals surface area contributed by atoms with Gasteiger partial charge in [0.05, 0.1) is 12.7 Å². The van der Waals surface area contributed by atoms with Crippen molar-refractivity contribution in [2.45, 2.75) is 26.3 Å². The summed E-state index contributed by atoms with van der Waals surface area (Å²) in [6, 6.07) is 6.38. The van der Waals surface area contributed by atoms with E-state index >= 15 is 0 Å². The normalized spacial score (nSPS) is 11.5. The first-order chi connectivity index (χ1) is 8.56. The molecule has 0 unspecified atom stereocenters. The number of hydrogen-bond acceptors (Lipinski definition) is 3. The standard InChI is InChI=1S/C13H18N2O3/c1-4-9(2)14-13(17)15-11-7-5-10(6-8-11)12(16)18-3/h5-9H,4H2,1-3H3,(H2,14,15,17)/t9-/m0/s1. The number of nitrogens with one attached hydrogen (secondary N) is 2. The SMILES string of the molecule is CC[C@H](C)NC(=O)Nc1ccc(C(=O)OC)cc1. The Labute approximate surface area is 107 Å². The average Bonchev–Trinajstić information content (AvgIpc) is 2.38. The van der Waals surface area contributed by atoms with Crippen molar-refractivity contribution < 1.29 is 14.3 Å². The molecule has 0 aliphatic rings. The first-order valence-corrected chi connectivity index (χ1v) is 5.82. The Morgan fingerprint density at radius 1 is 1.28 bits per heavy atom. The molecular formula is C13H18N2O3. The molecule has 1 rings (SSSR count). The number of rotatable bonds is 4. The van der Waals surface area contributed by atoms with Crippen LogP contribution in [0.25, 0.3) is 0 Å². The van der Waals surface area contributed by atoms with E-state index in [2.05, 4.69) is 15.4 Å². The van der Waals surface area contributed by atoms with Gasteiger partial charge in [-0.2, -0.15) is 0 Å². The summed E-state index contributed by atoms with van der Waals surface area (Å²) in [7, 11) is 1.33. The van der Waals surface area contributed by atoms with Crippen molar-refractivity contribution in [1.29, 1.82) is 0 Å². The molecule has 1 aromatic rings. The first-order valence-electron chi connectivity index (χ1n) is 5.82. The average molecular weight is 250 g/mol. The molecule has 0 radical (unpaired) electrons. The maximum Gasteiger partial charge on any atom is 0.337 e. The number of ether oxygens (including phenoxy) is 1. The van der Waals surface area contributed by atoms with E-state index in [1.807, 2.05) is 13.8 Å². The highest BCUT2D eigenvalue weighted by Crippen LogP contribution is 2.10. The molecule has 0 bridgehead atoms. The quantitative estimate of drug-likeness (QED) is 0.806. The van der Waals surface area contributed by atoms with Crippen molar-refractivity contribution in [1.82, 2.24) is 5.32 Å². The van der Waals surface area contributed by atoms with Crippen LogP contribution >= 0.6 is 0 Å². The molecular weight excluding hydrogens is 232 g/mol. The van der Waals surface area contributed by atoms with E-state index in [4.69, 9.17) is 0 Å². The summed E-state index contributed by atoms with van der Waals surface area (Å²) in [5.74, 6) is -0.398. The third-order valence-corrected chi connectivity index (χ3v) is 2.55. The Morgan fingerprint density at radius 2 is 1.89 bits per heavy atom. The van der Waals surface area contributed by atoms with Gasteiger partial charge < -0.3 is 15.4 Å². The van der Waals surface area contributed by atoms with Crippen LogP contribution in [0, 0.1) is 0 Å². The summed E-state index contributed by atoms with van der Waals surface area (Å²) in [5.41, 5.74) is 1.08. The molecule has 1 atom stereocenters. The van der Waals surface area contributed by atoms with Crippen LogP contribution in [-0.2, 0) is 4.74 Å². The fourth-order valence-corrected chi connectivity index (χ4v) is 1.30. The maximum atomic E-state index is 11.5. The van der Waals surface area contributed by atoms with Crippen LogP contribution < -0.4 is 10.6 Å². The summed E-state index contributed by atoms with van der Waals surface area (Å²) in [6.45, 7) is 3.93. The molecule has 0 saturated carbocycles. The van der Waals surface area contributed by atoms with E-state index in [1.54, 1.807) is 24.3 Å². The van der Waals surface area contributed by atoms with Crippen LogP contribution in [0.15, 0.2) is 24.3 Å². The lowest BCUT2D eigenvalue weighted by molar-refractivity contribution is 0.0601. The molecule has 2 amide bonds. The minimum Gasteiger partial charge on any atom is -0.465 e. The topological polar surface area (TPSA) is 67.4 Å². The second-order valence-electron chi connectivity index (χ2n) is 3.98. The Morgan fingerprint density at radius 3 is 2.39 bits per heavy atom. The second kappa shape index (κ2) is 6.64. The highest BCUT2D eigenvalue weighted by Gasteiger charge is 2.07. The maximum absolute atomic E-state index is 11.5. The van der Waals surface area contributed by atoms with Crippen LogP contribution in [-0.4, -0.2) is 25.2 Å². The number of carbonyl (C=O) groups is 2. The van der Waals surface area contributed by atoms with Gasteiger partial charge in [0.1, 0.15) is 0 Å². The summed E-state index contributed by atoms with van der Waals surface area (Å²) in [4.78, 5) is 22.8. The fourth-order valence-electron chi connectivity index (χ4n) is 1.30. The molecule has 0 aliphatic carbocycles. The van der Waals surface area contributed by atoms with E-state index in [9.17, 15) is 9.59 Å². The Bertz CT molecular complexity index is 415. The van der Waals surface area contributed by atoms with Crippen molar-refractivity contribution in [2.24, 2.45) is 0 Å².